The van der Waals surface area contributed by atoms with Crippen LogP contribution >= 0.6 is 0 Å². The van der Waals surface area contributed by atoms with Gasteiger partial charge in [-0.1, -0.05) is 0 Å². The van der Waals surface area contributed by atoms with E-state index < -0.39 is 11.4 Å². The average molecular weight is 197 g/mol. The van der Waals surface area contributed by atoms with Crippen LogP contribution in [0.2, 0.25) is 0 Å². The number of hydrogen-bond acceptors (Lipinski definition) is 3. The monoisotopic (exact) mass is 197 g/mol. The van der Waals surface area contributed by atoms with Gasteiger partial charge in [-0.3, -0.25) is 19.6 Å². The van der Waals surface area contributed by atoms with Crippen molar-refractivity contribution in [2.24, 2.45) is 0 Å². The van der Waals surface area contributed by atoms with Gasteiger partial charge in [0, 0.05) is 0 Å². The molecule has 0 spiro atoms. The summed E-state index contributed by atoms with van der Waals surface area (Å²) in [5.74, 6) is 0. The van der Waals surface area contributed by atoms with Crippen LogP contribution in [-0.4, -0.2) is 53.4 Å². The summed E-state index contributed by atoms with van der Waals surface area (Å²) in [5, 5.41) is 12.0. The van der Waals surface area contributed by atoms with E-state index in [2.05, 4.69) is 0 Å². The molecule has 0 heterocycles. The molecule has 0 aliphatic rings. The minimum absolute atomic E-state index is 0. The fraction of sp³-hybridized carbons (Fsp3) is 0. The molecule has 5 nitrogen and oxygen atoms in total. The molecule has 4 N–H and O–H groups in total. The van der Waals surface area contributed by atoms with Crippen molar-refractivity contribution in [1.82, 2.24) is 0 Å². The van der Waals surface area contributed by atoms with Crippen LogP contribution in [0.1, 0.15) is 1.43 Å². The normalized spacial score (nSPS) is 5.12. The first-order valence-electron chi connectivity index (χ1n) is 0.732. The second kappa shape index (κ2) is 23.6. The van der Waals surface area contributed by atoms with E-state index in [1.54, 1.807) is 0 Å². The quantitative estimate of drug-likeness (QED) is 0.175. The van der Waals surface area contributed by atoms with Crippen LogP contribution in [0, 0.1) is 0 Å². The molecule has 0 fully saturated rings. The molecule has 0 aromatic heterocycles. The van der Waals surface area contributed by atoms with Crippen LogP contribution in [0.4, 0.5) is 0 Å². The van der Waals surface area contributed by atoms with Crippen LogP contribution in [0.25, 0.3) is 0 Å². The summed E-state index contributed by atoms with van der Waals surface area (Å²) in [6.45, 7) is 0. The van der Waals surface area contributed by atoms with E-state index in [-0.39, 0.29) is 48.1 Å². The van der Waals surface area contributed by atoms with E-state index in [1.165, 1.54) is 0 Å². The second-order valence-electron chi connectivity index (χ2n) is 0.231. The molecule has 0 aliphatic heterocycles. The predicted molar refractivity (Wildman–Crippen MR) is 26.9 cm³/mol. The molecular formula is H6FeNaO5S+4. The van der Waals surface area contributed by atoms with Gasteiger partial charge in [-0.15, -0.1) is 0 Å². The van der Waals surface area contributed by atoms with Crippen molar-refractivity contribution in [2.75, 3.05) is 0 Å². The van der Waals surface area contributed by atoms with Crippen LogP contribution in [0.3, 0.4) is 0 Å². The van der Waals surface area contributed by atoms with Gasteiger partial charge in [-0.05, 0) is 0 Å². The number of rotatable bonds is 0. The SMILES string of the molecule is O=S(O)O.OO.[Fe+3].[H+].[NaH]. The molecule has 0 bridgehead atoms. The van der Waals surface area contributed by atoms with Gasteiger partial charge in [0.05, 0.1) is 0 Å². The van der Waals surface area contributed by atoms with Gasteiger partial charge in [-0.25, -0.2) is 0 Å². The summed E-state index contributed by atoms with van der Waals surface area (Å²) >= 11 is -2.61. The Labute approximate surface area is 82.8 Å². The zero-order valence-electron chi connectivity index (χ0n) is 3.96. The fourth-order valence-corrected chi connectivity index (χ4v) is 0. The molecule has 1 radical (unpaired) electrons. The molecule has 0 aliphatic carbocycles. The molecule has 0 aromatic carbocycles. The van der Waals surface area contributed by atoms with Gasteiger partial charge < -0.3 is 0 Å². The first-order valence-corrected chi connectivity index (χ1v) is 1.80. The molecule has 0 rings (SSSR count). The third-order valence-corrected chi connectivity index (χ3v) is 0. The third kappa shape index (κ3) is 140. The number of hydrogen-bond donors (Lipinski definition) is 4. The second-order valence-corrected chi connectivity index (χ2v) is 0.692. The van der Waals surface area contributed by atoms with Crippen LogP contribution in [0.5, 0.6) is 0 Å². The maximum absolute atomic E-state index is 8.67. The third-order valence-electron chi connectivity index (χ3n) is 0. The van der Waals surface area contributed by atoms with Gasteiger partial charge in [0.2, 0.25) is 0 Å². The van der Waals surface area contributed by atoms with Crippen molar-refractivity contribution >= 4 is 40.9 Å². The summed E-state index contributed by atoms with van der Waals surface area (Å²) in [5.41, 5.74) is 0. The van der Waals surface area contributed by atoms with E-state index in [0.29, 0.717) is 0 Å². The Kier molecular flexibility index (Phi) is 66.9. The molecule has 0 saturated heterocycles. The van der Waals surface area contributed by atoms with Crippen LogP contribution < -0.4 is 0 Å². The van der Waals surface area contributed by atoms with Crippen LogP contribution in [0.15, 0.2) is 0 Å². The van der Waals surface area contributed by atoms with E-state index >= 15 is 0 Å². The maximum atomic E-state index is 8.67. The fourth-order valence-electron chi connectivity index (χ4n) is 0. The summed E-state index contributed by atoms with van der Waals surface area (Å²) in [6.07, 6.45) is 0. The summed E-state index contributed by atoms with van der Waals surface area (Å²) in [4.78, 5) is 0. The van der Waals surface area contributed by atoms with Crippen molar-refractivity contribution in [3.63, 3.8) is 0 Å². The van der Waals surface area contributed by atoms with Crippen molar-refractivity contribution in [3.8, 4) is 0 Å². The molecule has 0 saturated carbocycles. The van der Waals surface area contributed by atoms with E-state index in [9.17, 15) is 0 Å². The Balaban J connectivity index is -0.00000000990. The molecule has 0 atom stereocenters. The first kappa shape index (κ1) is 22.7. The molecule has 0 unspecified atom stereocenters. The van der Waals surface area contributed by atoms with E-state index in [1.807, 2.05) is 0 Å². The van der Waals surface area contributed by atoms with Crippen molar-refractivity contribution in [1.29, 1.82) is 0 Å². The Morgan fingerprint density at radius 3 is 1.25 bits per heavy atom. The Morgan fingerprint density at radius 2 is 1.25 bits per heavy atom. The Morgan fingerprint density at radius 1 is 1.25 bits per heavy atom. The van der Waals surface area contributed by atoms with Crippen LogP contribution in [-0.2, 0) is 28.4 Å². The minimum atomic E-state index is -2.61. The molecular weight excluding hydrogens is 191 g/mol. The predicted octanol–water partition coefficient (Wildman–Crippen LogP) is -0.840. The molecule has 0 amide bonds. The van der Waals surface area contributed by atoms with Gasteiger partial charge in [0.1, 0.15) is 0 Å². The summed E-state index contributed by atoms with van der Waals surface area (Å²) in [6, 6.07) is 0. The zero-order chi connectivity index (χ0) is 5.58. The average Bonchev–Trinajstić information content (AvgIpc) is 1.41. The Hall–Kier alpha value is 1.51. The topological polar surface area (TPSA) is 98.0 Å². The van der Waals surface area contributed by atoms with Crippen molar-refractivity contribution < 1.29 is 42.3 Å². The zero-order valence-corrected chi connectivity index (χ0v) is 4.88. The Bertz CT molecular complexity index is 39.9. The molecule has 8 heavy (non-hydrogen) atoms. The molecule has 0 aromatic rings. The van der Waals surface area contributed by atoms with Gasteiger partial charge >= 0.3 is 48.1 Å². The molecule has 8 heteroatoms. The summed E-state index contributed by atoms with van der Waals surface area (Å²) in [7, 11) is 0. The standard InChI is InChI=1S/Fe.Na.H2O3S.H2O2.H/c;;1-4(2)3;1-2;/h;;(H2,1,2,3);1-2H;/q+3;;;;/p+1. The molecule has 47 valence electrons. The van der Waals surface area contributed by atoms with Crippen molar-refractivity contribution in [3.05, 3.63) is 0 Å². The van der Waals surface area contributed by atoms with Gasteiger partial charge in [0.15, 0.2) is 0 Å². The van der Waals surface area contributed by atoms with E-state index in [4.69, 9.17) is 23.8 Å². The van der Waals surface area contributed by atoms with Gasteiger partial charge in [0.25, 0.3) is 11.4 Å². The van der Waals surface area contributed by atoms with Gasteiger partial charge in [-0.2, -0.15) is 4.21 Å². The van der Waals surface area contributed by atoms with Crippen molar-refractivity contribution in [2.45, 2.75) is 0 Å². The first-order chi connectivity index (χ1) is 2.73. The summed E-state index contributed by atoms with van der Waals surface area (Å²) < 4.78 is 22.8. The van der Waals surface area contributed by atoms with E-state index in [0.717, 1.165) is 0 Å².